The van der Waals surface area contributed by atoms with E-state index in [0.29, 0.717) is 5.56 Å². The van der Waals surface area contributed by atoms with Gasteiger partial charge in [-0.3, -0.25) is 9.97 Å². The molecule has 4 heteroatoms. The quantitative estimate of drug-likeness (QED) is 0.613. The number of hydrogen-bond acceptors (Lipinski definition) is 2. The number of halogens is 2. The van der Waals surface area contributed by atoms with E-state index in [0.717, 1.165) is 20.3 Å². The highest BCUT2D eigenvalue weighted by Gasteiger charge is 2.11. The monoisotopic (exact) mass is 376 g/mol. The van der Waals surface area contributed by atoms with Crippen molar-refractivity contribution in [1.82, 2.24) is 9.97 Å². The first-order valence-corrected chi connectivity index (χ1v) is 7.13. The molecule has 0 bridgehead atoms. The minimum absolute atomic E-state index is 0.236. The lowest BCUT2D eigenvalue weighted by Gasteiger charge is -2.09. The summed E-state index contributed by atoms with van der Waals surface area (Å²) < 4.78 is 15.1. The maximum Gasteiger partial charge on any atom is 0.132 e. The molecule has 0 spiro atoms. The Hall–Kier alpha value is -1.82. The lowest BCUT2D eigenvalue weighted by Crippen LogP contribution is -1.91. The summed E-state index contributed by atoms with van der Waals surface area (Å²) in [6, 6.07) is 10.9. The first-order chi connectivity index (χ1) is 9.75. The highest BCUT2D eigenvalue weighted by Crippen LogP contribution is 2.32. The van der Waals surface area contributed by atoms with Crippen LogP contribution in [-0.4, -0.2) is 9.97 Å². The Morgan fingerprint density at radius 2 is 1.65 bits per heavy atom. The van der Waals surface area contributed by atoms with Crippen LogP contribution in [0.5, 0.6) is 0 Å². The van der Waals surface area contributed by atoms with E-state index in [9.17, 15) is 4.39 Å². The third kappa shape index (κ3) is 2.56. The first-order valence-electron chi connectivity index (χ1n) is 6.05. The zero-order valence-corrected chi connectivity index (χ0v) is 12.6. The van der Waals surface area contributed by atoms with Gasteiger partial charge in [-0.2, -0.15) is 0 Å². The van der Waals surface area contributed by atoms with E-state index in [1.165, 1.54) is 0 Å². The highest BCUT2D eigenvalue weighted by atomic mass is 127. The lowest BCUT2D eigenvalue weighted by molar-refractivity contribution is 0.630. The first kappa shape index (κ1) is 13.2. The Labute approximate surface area is 129 Å². The molecule has 0 saturated carbocycles. The van der Waals surface area contributed by atoms with Crippen molar-refractivity contribution < 1.29 is 4.39 Å². The van der Waals surface area contributed by atoms with E-state index in [1.807, 2.05) is 24.3 Å². The van der Waals surface area contributed by atoms with Crippen molar-refractivity contribution in [2.24, 2.45) is 0 Å². The number of hydrogen-bond donors (Lipinski definition) is 0. The predicted molar refractivity (Wildman–Crippen MR) is 85.6 cm³/mol. The Kier molecular flexibility index (Phi) is 3.73. The van der Waals surface area contributed by atoms with E-state index in [4.69, 9.17) is 0 Å². The van der Waals surface area contributed by atoms with Crippen LogP contribution >= 0.6 is 22.6 Å². The molecule has 2 nitrogen and oxygen atoms in total. The van der Waals surface area contributed by atoms with Crippen molar-refractivity contribution in [1.29, 1.82) is 0 Å². The molecule has 0 N–H and O–H groups in total. The zero-order chi connectivity index (χ0) is 13.9. The second-order valence-corrected chi connectivity index (χ2v) is 5.45. The largest absolute Gasteiger partial charge is 0.265 e. The zero-order valence-electron chi connectivity index (χ0n) is 10.4. The number of benzene rings is 1. The van der Waals surface area contributed by atoms with Crippen molar-refractivity contribution in [2.45, 2.75) is 0 Å². The Morgan fingerprint density at radius 1 is 0.850 bits per heavy atom. The summed E-state index contributed by atoms with van der Waals surface area (Å²) >= 11 is 2.15. The van der Waals surface area contributed by atoms with Gasteiger partial charge in [0.25, 0.3) is 0 Å². The average Bonchev–Trinajstić information content (AvgIpc) is 2.49. The molecule has 0 unspecified atom stereocenters. The molecule has 98 valence electrons. The molecular weight excluding hydrogens is 366 g/mol. The topological polar surface area (TPSA) is 25.8 Å². The highest BCUT2D eigenvalue weighted by molar-refractivity contribution is 14.1. The molecule has 0 aliphatic rings. The van der Waals surface area contributed by atoms with E-state index >= 15 is 0 Å². The summed E-state index contributed by atoms with van der Waals surface area (Å²) in [7, 11) is 0. The third-order valence-electron chi connectivity index (χ3n) is 3.02. The van der Waals surface area contributed by atoms with Crippen LogP contribution in [0, 0.1) is 9.39 Å². The normalized spacial score (nSPS) is 10.5. The minimum atomic E-state index is -0.236. The Bertz CT molecular complexity index is 669. The van der Waals surface area contributed by atoms with Crippen LogP contribution in [0.1, 0.15) is 0 Å². The second kappa shape index (κ2) is 5.66. The smallest absolute Gasteiger partial charge is 0.132 e. The molecule has 2 heterocycles. The predicted octanol–water partition coefficient (Wildman–Crippen LogP) is 4.55. The van der Waals surface area contributed by atoms with Crippen LogP contribution in [0.3, 0.4) is 0 Å². The number of pyridine rings is 2. The molecule has 0 saturated heterocycles. The average molecular weight is 376 g/mol. The molecule has 0 aliphatic carbocycles. The summed E-state index contributed by atoms with van der Waals surface area (Å²) in [6.45, 7) is 0. The lowest BCUT2D eigenvalue weighted by atomic mass is 10.0. The third-order valence-corrected chi connectivity index (χ3v) is 3.91. The van der Waals surface area contributed by atoms with E-state index in [-0.39, 0.29) is 5.82 Å². The minimum Gasteiger partial charge on any atom is -0.265 e. The van der Waals surface area contributed by atoms with Gasteiger partial charge in [0.1, 0.15) is 5.82 Å². The van der Waals surface area contributed by atoms with Crippen molar-refractivity contribution >= 4 is 22.6 Å². The van der Waals surface area contributed by atoms with Gasteiger partial charge in [-0.05, 0) is 64.0 Å². The summed E-state index contributed by atoms with van der Waals surface area (Å²) in [5.41, 5.74) is 3.35. The molecular formula is C16H10FIN2. The van der Waals surface area contributed by atoms with Crippen LogP contribution in [0.15, 0.2) is 61.2 Å². The number of nitrogens with zero attached hydrogens (tertiary/aromatic N) is 2. The molecule has 0 radical (unpaired) electrons. The van der Waals surface area contributed by atoms with Crippen LogP contribution in [0.2, 0.25) is 0 Å². The summed E-state index contributed by atoms with van der Waals surface area (Å²) in [5, 5.41) is 0. The maximum absolute atomic E-state index is 14.2. The van der Waals surface area contributed by atoms with Crippen LogP contribution in [0.25, 0.3) is 22.3 Å². The van der Waals surface area contributed by atoms with Gasteiger partial charge in [-0.15, -0.1) is 0 Å². The Balaban J connectivity index is 2.19. The van der Waals surface area contributed by atoms with E-state index < -0.39 is 0 Å². The van der Waals surface area contributed by atoms with Crippen molar-refractivity contribution in [3.8, 4) is 22.3 Å². The molecule has 2 aromatic heterocycles. The molecule has 0 fully saturated rings. The van der Waals surface area contributed by atoms with Crippen molar-refractivity contribution in [3.05, 3.63) is 70.6 Å². The molecule has 3 rings (SSSR count). The fourth-order valence-electron chi connectivity index (χ4n) is 2.04. The number of rotatable bonds is 2. The fraction of sp³-hybridized carbons (Fsp3) is 0. The fourth-order valence-corrected chi connectivity index (χ4v) is 2.79. The van der Waals surface area contributed by atoms with Crippen molar-refractivity contribution in [3.63, 3.8) is 0 Å². The molecule has 0 atom stereocenters. The molecule has 0 amide bonds. The van der Waals surface area contributed by atoms with Crippen LogP contribution < -0.4 is 0 Å². The molecule has 3 aromatic rings. The standard InChI is InChI=1S/C16H10FIN2/c17-15-9-16(18)14(11-3-6-19-7-4-11)8-13(15)12-2-1-5-20-10-12/h1-10H. The van der Waals surface area contributed by atoms with Gasteiger partial charge >= 0.3 is 0 Å². The van der Waals surface area contributed by atoms with Gasteiger partial charge < -0.3 is 0 Å². The molecule has 1 aromatic carbocycles. The van der Waals surface area contributed by atoms with Gasteiger partial charge in [0.2, 0.25) is 0 Å². The van der Waals surface area contributed by atoms with Gasteiger partial charge in [0.05, 0.1) is 0 Å². The van der Waals surface area contributed by atoms with Crippen molar-refractivity contribution in [2.75, 3.05) is 0 Å². The second-order valence-electron chi connectivity index (χ2n) is 4.29. The SMILES string of the molecule is Fc1cc(I)c(-c2ccncc2)cc1-c1cccnc1. The summed E-state index contributed by atoms with van der Waals surface area (Å²) in [6.07, 6.45) is 6.82. The van der Waals surface area contributed by atoms with Gasteiger partial charge in [0, 0.05) is 39.5 Å². The van der Waals surface area contributed by atoms with Crippen LogP contribution in [-0.2, 0) is 0 Å². The van der Waals surface area contributed by atoms with Gasteiger partial charge in [-0.1, -0.05) is 6.07 Å². The summed E-state index contributed by atoms with van der Waals surface area (Å²) in [4.78, 5) is 8.06. The van der Waals surface area contributed by atoms with E-state index in [2.05, 4.69) is 32.6 Å². The Morgan fingerprint density at radius 3 is 2.35 bits per heavy atom. The summed E-state index contributed by atoms with van der Waals surface area (Å²) in [5.74, 6) is -0.236. The molecule has 0 aliphatic heterocycles. The molecule has 20 heavy (non-hydrogen) atoms. The van der Waals surface area contributed by atoms with E-state index in [1.54, 1.807) is 36.9 Å². The maximum atomic E-state index is 14.2. The van der Waals surface area contributed by atoms with Gasteiger partial charge in [-0.25, -0.2) is 4.39 Å². The number of aromatic nitrogens is 2. The van der Waals surface area contributed by atoms with Crippen LogP contribution in [0.4, 0.5) is 4.39 Å². The van der Waals surface area contributed by atoms with Gasteiger partial charge in [0.15, 0.2) is 0 Å².